The number of fused-ring (bicyclic) bond motifs is 1. The van der Waals surface area contributed by atoms with E-state index in [4.69, 9.17) is 26.2 Å². The Morgan fingerprint density at radius 3 is 2.42 bits per heavy atom. The number of nitrogens with zero attached hydrogens (tertiary/aromatic N) is 1. The Balaban J connectivity index is 1.36. The maximum Gasteiger partial charge on any atom is 0.335 e. The van der Waals surface area contributed by atoms with Crippen molar-refractivity contribution in [3.05, 3.63) is 107 Å². The van der Waals surface area contributed by atoms with Crippen molar-refractivity contribution in [2.24, 2.45) is 0 Å². The lowest BCUT2D eigenvalue weighted by molar-refractivity contribution is -0.122. The summed E-state index contributed by atoms with van der Waals surface area (Å²) in [6.07, 6.45) is 0.0885. The molecule has 0 bridgehead atoms. The van der Waals surface area contributed by atoms with E-state index >= 15 is 0 Å². The van der Waals surface area contributed by atoms with Gasteiger partial charge in [-0.25, -0.2) is 17.6 Å². The largest absolute Gasteiger partial charge is 0.496 e. The standard InChI is InChI=1S/C31H26ClFN2O7S/c1-41-29-4-2-3-27-25(29)18-28(30(36)34-15-16-42-22-10-5-20(6-11-22)31(37)38)35(27)43(39,40)23-12-7-19(8-13-23)24-14-9-21(33)17-26(24)32/h2-14,17,28H,15-16,18H2,1H3,(H,34,36)(H,37,38). The number of halogens is 2. The maximum atomic E-state index is 14.0. The molecule has 1 unspecified atom stereocenters. The van der Waals surface area contributed by atoms with Crippen molar-refractivity contribution >= 4 is 39.2 Å². The molecule has 0 spiro atoms. The molecule has 1 heterocycles. The third kappa shape index (κ3) is 6.13. The molecule has 0 aliphatic carbocycles. The minimum atomic E-state index is -4.23. The SMILES string of the molecule is COc1cccc2c1CC(C(=O)NCCOc1ccc(C(=O)O)cc1)N2S(=O)(=O)c1ccc(-c2ccc(F)cc2Cl)cc1. The maximum absolute atomic E-state index is 14.0. The first-order chi connectivity index (χ1) is 20.6. The van der Waals surface area contributed by atoms with E-state index in [-0.39, 0.29) is 35.1 Å². The van der Waals surface area contributed by atoms with Crippen LogP contribution in [0, 0.1) is 5.82 Å². The van der Waals surface area contributed by atoms with Crippen molar-refractivity contribution in [1.82, 2.24) is 5.32 Å². The molecule has 43 heavy (non-hydrogen) atoms. The van der Waals surface area contributed by atoms with Crippen LogP contribution in [0.4, 0.5) is 10.1 Å². The zero-order valence-corrected chi connectivity index (χ0v) is 24.4. The molecule has 12 heteroatoms. The van der Waals surface area contributed by atoms with Gasteiger partial charge >= 0.3 is 5.97 Å². The van der Waals surface area contributed by atoms with E-state index in [0.717, 1.165) is 4.31 Å². The van der Waals surface area contributed by atoms with Crippen LogP contribution in [0.1, 0.15) is 15.9 Å². The van der Waals surface area contributed by atoms with Gasteiger partial charge in [0.25, 0.3) is 10.0 Å². The molecule has 4 aromatic carbocycles. The molecule has 0 saturated carbocycles. The summed E-state index contributed by atoms with van der Waals surface area (Å²) in [6.45, 7) is 0.145. The highest BCUT2D eigenvalue weighted by Gasteiger charge is 2.43. The highest BCUT2D eigenvalue weighted by atomic mass is 35.5. The monoisotopic (exact) mass is 624 g/mol. The number of sulfonamides is 1. The van der Waals surface area contributed by atoms with Gasteiger partial charge in [0.15, 0.2) is 0 Å². The predicted molar refractivity (Wildman–Crippen MR) is 159 cm³/mol. The second-order valence-electron chi connectivity index (χ2n) is 9.60. The van der Waals surface area contributed by atoms with E-state index in [0.29, 0.717) is 33.9 Å². The Morgan fingerprint density at radius 1 is 1.05 bits per heavy atom. The second-order valence-corrected chi connectivity index (χ2v) is 11.8. The summed E-state index contributed by atoms with van der Waals surface area (Å²) in [5.41, 5.74) is 2.17. The molecule has 5 rings (SSSR count). The average molecular weight is 625 g/mol. The number of carboxylic acid groups (broad SMARTS) is 1. The minimum Gasteiger partial charge on any atom is -0.496 e. The first kappa shape index (κ1) is 29.9. The Kier molecular flexibility index (Phi) is 8.56. The van der Waals surface area contributed by atoms with Crippen molar-refractivity contribution in [1.29, 1.82) is 0 Å². The summed E-state index contributed by atoms with van der Waals surface area (Å²) in [6, 6.07) is 19.7. The van der Waals surface area contributed by atoms with Crippen molar-refractivity contribution < 1.29 is 37.0 Å². The molecular formula is C31H26ClFN2O7S. The molecule has 222 valence electrons. The molecule has 1 amide bonds. The highest BCUT2D eigenvalue weighted by molar-refractivity contribution is 7.93. The number of amides is 1. The third-order valence-electron chi connectivity index (χ3n) is 6.97. The lowest BCUT2D eigenvalue weighted by atomic mass is 10.1. The van der Waals surface area contributed by atoms with Crippen molar-refractivity contribution in [3.63, 3.8) is 0 Å². The fourth-order valence-electron chi connectivity index (χ4n) is 4.90. The highest BCUT2D eigenvalue weighted by Crippen LogP contribution is 2.42. The molecular weight excluding hydrogens is 599 g/mol. The number of benzene rings is 4. The summed E-state index contributed by atoms with van der Waals surface area (Å²) < 4.78 is 53.7. The van der Waals surface area contributed by atoms with Gasteiger partial charge in [-0.1, -0.05) is 29.8 Å². The van der Waals surface area contributed by atoms with Gasteiger partial charge in [0.1, 0.15) is 30.0 Å². The van der Waals surface area contributed by atoms with Gasteiger partial charge < -0.3 is 19.9 Å². The Hall–Kier alpha value is -4.61. The van der Waals surface area contributed by atoms with Crippen LogP contribution in [0.25, 0.3) is 11.1 Å². The molecule has 1 aliphatic heterocycles. The molecule has 0 aromatic heterocycles. The fraction of sp³-hybridized carbons (Fsp3) is 0.161. The first-order valence-electron chi connectivity index (χ1n) is 13.1. The summed E-state index contributed by atoms with van der Waals surface area (Å²) in [5.74, 6) is -1.18. The summed E-state index contributed by atoms with van der Waals surface area (Å²) in [5, 5.41) is 12.0. The number of aromatic carboxylic acids is 1. The molecule has 0 saturated heterocycles. The third-order valence-corrected chi connectivity index (χ3v) is 9.12. The number of carbonyl (C=O) groups excluding carboxylic acids is 1. The van der Waals surface area contributed by atoms with Crippen LogP contribution < -0.4 is 19.1 Å². The molecule has 0 radical (unpaired) electrons. The first-order valence-corrected chi connectivity index (χ1v) is 14.9. The van der Waals surface area contributed by atoms with E-state index in [9.17, 15) is 22.4 Å². The van der Waals surface area contributed by atoms with Crippen LogP contribution in [0.2, 0.25) is 5.02 Å². The second kappa shape index (κ2) is 12.3. The van der Waals surface area contributed by atoms with E-state index in [1.165, 1.54) is 61.7 Å². The van der Waals surface area contributed by atoms with E-state index in [2.05, 4.69) is 5.32 Å². The number of ether oxygens (including phenoxy) is 2. The van der Waals surface area contributed by atoms with E-state index in [1.807, 2.05) is 0 Å². The number of hydrogen-bond donors (Lipinski definition) is 2. The van der Waals surface area contributed by atoms with Gasteiger partial charge in [-0.05, 0) is 72.3 Å². The smallest absolute Gasteiger partial charge is 0.335 e. The van der Waals surface area contributed by atoms with Crippen molar-refractivity contribution in [2.75, 3.05) is 24.6 Å². The van der Waals surface area contributed by atoms with Crippen LogP contribution in [0.3, 0.4) is 0 Å². The van der Waals surface area contributed by atoms with Crippen LogP contribution in [-0.4, -0.2) is 51.7 Å². The number of anilines is 1. The molecule has 4 aromatic rings. The lowest BCUT2D eigenvalue weighted by Crippen LogP contribution is -2.48. The zero-order valence-electron chi connectivity index (χ0n) is 22.8. The quantitative estimate of drug-likeness (QED) is 0.234. The lowest BCUT2D eigenvalue weighted by Gasteiger charge is -2.26. The number of carbonyl (C=O) groups is 2. The summed E-state index contributed by atoms with van der Waals surface area (Å²) >= 11 is 6.19. The number of hydrogen-bond acceptors (Lipinski definition) is 6. The van der Waals surface area contributed by atoms with Crippen molar-refractivity contribution in [3.8, 4) is 22.6 Å². The molecule has 1 aliphatic rings. The van der Waals surface area contributed by atoms with Crippen LogP contribution in [0.15, 0.2) is 89.8 Å². The number of methoxy groups -OCH3 is 1. The topological polar surface area (TPSA) is 122 Å². The van der Waals surface area contributed by atoms with Gasteiger partial charge in [0.05, 0.1) is 34.8 Å². The van der Waals surface area contributed by atoms with Gasteiger partial charge in [0.2, 0.25) is 5.91 Å². The molecule has 1 atom stereocenters. The van der Waals surface area contributed by atoms with Crippen LogP contribution >= 0.6 is 11.6 Å². The molecule has 2 N–H and O–H groups in total. The Labute approximate surface area is 252 Å². The minimum absolute atomic E-state index is 0.0453. The van der Waals surface area contributed by atoms with E-state index in [1.54, 1.807) is 30.3 Å². The summed E-state index contributed by atoms with van der Waals surface area (Å²) in [4.78, 5) is 24.4. The summed E-state index contributed by atoms with van der Waals surface area (Å²) in [7, 11) is -2.75. The van der Waals surface area contributed by atoms with Crippen LogP contribution in [0.5, 0.6) is 11.5 Å². The molecule has 0 fully saturated rings. The Morgan fingerprint density at radius 2 is 1.77 bits per heavy atom. The number of nitrogens with one attached hydrogen (secondary N) is 1. The zero-order chi connectivity index (χ0) is 30.7. The normalized spacial score (nSPS) is 14.2. The van der Waals surface area contributed by atoms with Crippen LogP contribution in [-0.2, 0) is 21.2 Å². The molecule has 9 nitrogen and oxygen atoms in total. The van der Waals surface area contributed by atoms with Gasteiger partial charge in [-0.2, -0.15) is 0 Å². The number of rotatable bonds is 10. The van der Waals surface area contributed by atoms with Gasteiger partial charge in [0, 0.05) is 17.5 Å². The fourth-order valence-corrected chi connectivity index (χ4v) is 6.81. The average Bonchev–Trinajstić information content (AvgIpc) is 3.41. The van der Waals surface area contributed by atoms with Crippen molar-refractivity contribution in [2.45, 2.75) is 17.4 Å². The Bertz CT molecular complexity index is 1780. The van der Waals surface area contributed by atoms with Gasteiger partial charge in [-0.15, -0.1) is 0 Å². The van der Waals surface area contributed by atoms with E-state index < -0.39 is 33.8 Å². The number of carboxylic acids is 1. The van der Waals surface area contributed by atoms with Gasteiger partial charge in [-0.3, -0.25) is 9.10 Å². The predicted octanol–water partition coefficient (Wildman–Crippen LogP) is 5.17.